The summed E-state index contributed by atoms with van der Waals surface area (Å²) in [6, 6.07) is -3.20. The van der Waals surface area contributed by atoms with E-state index in [0.29, 0.717) is 0 Å². The first-order valence-electron chi connectivity index (χ1n) is 7.77. The standard InChI is InChI=1S/C13H12F17N/c1-2-3-4-5(31)6(14,15)7(16,17)8(18,19)9(20,21)10(22,23)11(24,25)12(26,27)13(28,29)30/h5H,2-4,31H2,1H3/p+1. The summed E-state index contributed by atoms with van der Waals surface area (Å²) in [6.07, 6.45) is -9.49. The van der Waals surface area contributed by atoms with E-state index in [1.54, 1.807) is 0 Å². The maximum atomic E-state index is 13.7. The van der Waals surface area contributed by atoms with Crippen LogP contribution < -0.4 is 5.73 Å². The Labute approximate surface area is 161 Å². The minimum absolute atomic E-state index is 0.0724. The van der Waals surface area contributed by atoms with Gasteiger partial charge in [-0.05, 0) is 6.42 Å². The Hall–Kier alpha value is -1.23. The van der Waals surface area contributed by atoms with Crippen LogP contribution in [0.25, 0.3) is 0 Å². The molecule has 0 aliphatic carbocycles. The first kappa shape index (κ1) is 29.8. The summed E-state index contributed by atoms with van der Waals surface area (Å²) in [4.78, 5) is 0. The Morgan fingerprint density at radius 1 is 0.516 bits per heavy atom. The zero-order chi connectivity index (χ0) is 25.7. The number of alkyl halides is 17. The summed E-state index contributed by atoms with van der Waals surface area (Å²) in [5, 5.41) is 0. The summed E-state index contributed by atoms with van der Waals surface area (Å²) < 4.78 is 222. The van der Waals surface area contributed by atoms with Crippen LogP contribution >= 0.6 is 0 Å². The fourth-order valence-corrected chi connectivity index (χ4v) is 2.06. The number of quaternary nitrogens is 1. The number of hydrogen-bond acceptors (Lipinski definition) is 0. The fourth-order valence-electron chi connectivity index (χ4n) is 2.06. The predicted molar refractivity (Wildman–Crippen MR) is 66.9 cm³/mol. The van der Waals surface area contributed by atoms with Crippen LogP contribution in [0.2, 0.25) is 0 Å². The second-order valence-corrected chi connectivity index (χ2v) is 6.41. The molecule has 0 heterocycles. The molecule has 0 aromatic rings. The molecule has 1 nitrogen and oxygen atoms in total. The molecular formula is C13H13F17N+. The van der Waals surface area contributed by atoms with E-state index in [4.69, 9.17) is 0 Å². The Bertz CT molecular complexity index is 620. The lowest BCUT2D eigenvalue weighted by molar-refractivity contribution is -0.508. The van der Waals surface area contributed by atoms with Crippen molar-refractivity contribution in [2.75, 3.05) is 0 Å². The average Bonchev–Trinajstić information content (AvgIpc) is 2.57. The zero-order valence-corrected chi connectivity index (χ0v) is 14.8. The zero-order valence-electron chi connectivity index (χ0n) is 14.8. The normalized spacial score (nSPS) is 17.1. The Balaban J connectivity index is 6.63. The third-order valence-corrected chi connectivity index (χ3v) is 4.17. The summed E-state index contributed by atoms with van der Waals surface area (Å²) in [5.74, 6) is -56.1. The number of hydrogen-bond donors (Lipinski definition) is 1. The molecule has 0 aromatic carbocycles. The molecule has 0 amide bonds. The van der Waals surface area contributed by atoms with Gasteiger partial charge in [0.15, 0.2) is 6.04 Å². The van der Waals surface area contributed by atoms with Gasteiger partial charge in [-0.1, -0.05) is 13.3 Å². The molecule has 0 aliphatic rings. The van der Waals surface area contributed by atoms with Crippen molar-refractivity contribution in [1.29, 1.82) is 0 Å². The monoisotopic (exact) mass is 506 g/mol. The van der Waals surface area contributed by atoms with Gasteiger partial charge in [-0.3, -0.25) is 0 Å². The second kappa shape index (κ2) is 7.97. The molecule has 0 aromatic heterocycles. The van der Waals surface area contributed by atoms with Gasteiger partial charge in [0.05, 0.1) is 0 Å². The van der Waals surface area contributed by atoms with Crippen molar-refractivity contribution in [2.45, 2.75) is 79.9 Å². The van der Waals surface area contributed by atoms with Crippen molar-refractivity contribution in [3.8, 4) is 0 Å². The third-order valence-electron chi connectivity index (χ3n) is 4.17. The highest BCUT2D eigenvalue weighted by molar-refractivity contribution is 5.15. The topological polar surface area (TPSA) is 27.6 Å². The first-order chi connectivity index (χ1) is 13.2. The number of rotatable bonds is 10. The van der Waals surface area contributed by atoms with Crippen LogP contribution in [0.1, 0.15) is 26.2 Å². The molecule has 31 heavy (non-hydrogen) atoms. The second-order valence-electron chi connectivity index (χ2n) is 6.41. The van der Waals surface area contributed by atoms with Crippen molar-refractivity contribution < 1.29 is 80.4 Å². The van der Waals surface area contributed by atoms with Gasteiger partial charge in [0.25, 0.3) is 0 Å². The van der Waals surface area contributed by atoms with E-state index in [0.717, 1.165) is 0 Å². The highest BCUT2D eigenvalue weighted by atomic mass is 19.4. The number of halogens is 17. The summed E-state index contributed by atoms with van der Waals surface area (Å²) in [5.41, 5.74) is 2.28. The number of unbranched alkanes of at least 4 members (excludes halogenated alkanes) is 1. The van der Waals surface area contributed by atoms with Crippen LogP contribution in [-0.4, -0.2) is 53.7 Å². The molecule has 0 saturated carbocycles. The van der Waals surface area contributed by atoms with Gasteiger partial charge in [-0.2, -0.15) is 74.6 Å². The molecular weight excluding hydrogens is 493 g/mol. The largest absolute Gasteiger partial charge is 0.460 e. The third kappa shape index (κ3) is 4.00. The van der Waals surface area contributed by atoms with Gasteiger partial charge in [0, 0.05) is 6.42 Å². The minimum atomic E-state index is -8.60. The summed E-state index contributed by atoms with van der Waals surface area (Å²) in [6.45, 7) is 1.25. The molecule has 188 valence electrons. The van der Waals surface area contributed by atoms with Crippen molar-refractivity contribution in [2.24, 2.45) is 0 Å². The Kier molecular flexibility index (Phi) is 7.65. The average molecular weight is 506 g/mol. The Morgan fingerprint density at radius 3 is 1.10 bits per heavy atom. The predicted octanol–water partition coefficient (Wildman–Crippen LogP) is 5.80. The van der Waals surface area contributed by atoms with E-state index < -0.39 is 66.5 Å². The van der Waals surface area contributed by atoms with Crippen molar-refractivity contribution >= 4 is 0 Å². The van der Waals surface area contributed by atoms with Gasteiger partial charge >= 0.3 is 47.6 Å². The van der Waals surface area contributed by atoms with Crippen LogP contribution in [0.4, 0.5) is 74.6 Å². The SMILES string of the molecule is CCCCC([NH3+])C(F)(F)C(F)(F)C(F)(F)C(F)(F)C(F)(F)C(F)(F)C(F)(F)C(F)(F)F. The van der Waals surface area contributed by atoms with E-state index in [9.17, 15) is 74.6 Å². The molecule has 0 bridgehead atoms. The van der Waals surface area contributed by atoms with Gasteiger partial charge in [0.1, 0.15) is 0 Å². The molecule has 0 fully saturated rings. The van der Waals surface area contributed by atoms with Crippen molar-refractivity contribution in [3.05, 3.63) is 0 Å². The van der Waals surface area contributed by atoms with E-state index in [-0.39, 0.29) is 6.42 Å². The van der Waals surface area contributed by atoms with Gasteiger partial charge in [0.2, 0.25) is 0 Å². The van der Waals surface area contributed by atoms with Crippen molar-refractivity contribution in [1.82, 2.24) is 0 Å². The highest BCUT2D eigenvalue weighted by Crippen LogP contribution is 2.64. The smallest absolute Gasteiger partial charge is 0.350 e. The molecule has 0 spiro atoms. The van der Waals surface area contributed by atoms with Crippen molar-refractivity contribution in [3.63, 3.8) is 0 Å². The van der Waals surface area contributed by atoms with Gasteiger partial charge in [-0.15, -0.1) is 0 Å². The molecule has 0 rings (SSSR count). The molecule has 0 radical (unpaired) electrons. The Morgan fingerprint density at radius 2 is 0.806 bits per heavy atom. The molecule has 1 unspecified atom stereocenters. The van der Waals surface area contributed by atoms with Crippen LogP contribution in [-0.2, 0) is 0 Å². The lowest BCUT2D eigenvalue weighted by Gasteiger charge is -2.43. The van der Waals surface area contributed by atoms with E-state index >= 15 is 0 Å². The highest BCUT2D eigenvalue weighted by Gasteiger charge is 2.95. The summed E-state index contributed by atoms with van der Waals surface area (Å²) in [7, 11) is 0. The molecule has 3 N–H and O–H groups in total. The van der Waals surface area contributed by atoms with E-state index in [1.807, 2.05) is 0 Å². The molecule has 18 heteroatoms. The minimum Gasteiger partial charge on any atom is -0.350 e. The van der Waals surface area contributed by atoms with Gasteiger partial charge < -0.3 is 5.73 Å². The van der Waals surface area contributed by atoms with Crippen LogP contribution in [0.15, 0.2) is 0 Å². The van der Waals surface area contributed by atoms with E-state index in [1.165, 1.54) is 6.92 Å². The maximum absolute atomic E-state index is 13.7. The van der Waals surface area contributed by atoms with Crippen LogP contribution in [0.5, 0.6) is 0 Å². The fraction of sp³-hybridized carbons (Fsp3) is 1.00. The maximum Gasteiger partial charge on any atom is 0.460 e. The van der Waals surface area contributed by atoms with Crippen LogP contribution in [0, 0.1) is 0 Å². The first-order valence-corrected chi connectivity index (χ1v) is 7.77. The lowest BCUT2D eigenvalue weighted by atomic mass is 9.86. The summed E-state index contributed by atoms with van der Waals surface area (Å²) >= 11 is 0. The van der Waals surface area contributed by atoms with Gasteiger partial charge in [-0.25, -0.2) is 0 Å². The molecule has 0 saturated heterocycles. The lowest BCUT2D eigenvalue weighted by Crippen LogP contribution is -2.79. The quantitative estimate of drug-likeness (QED) is 0.363. The molecule has 0 aliphatic heterocycles. The van der Waals surface area contributed by atoms with E-state index in [2.05, 4.69) is 5.73 Å². The van der Waals surface area contributed by atoms with Crippen LogP contribution in [0.3, 0.4) is 0 Å². The molecule has 1 atom stereocenters.